The average Bonchev–Trinajstić information content (AvgIpc) is 3.79. The van der Waals surface area contributed by atoms with Gasteiger partial charge in [-0.05, 0) is 45.5 Å². The third-order valence-electron chi connectivity index (χ3n) is 9.61. The first-order chi connectivity index (χ1) is 24.9. The zero-order chi connectivity index (χ0) is 35.2. The molecule has 51 heavy (non-hydrogen) atoms. The van der Waals surface area contributed by atoms with Crippen LogP contribution in [0.25, 0.3) is 5.57 Å². The topological polar surface area (TPSA) is 88.2 Å². The maximum absolute atomic E-state index is 14.3. The number of benzene rings is 5. The number of hydrogen-bond acceptors (Lipinski definition) is 5. The number of anilines is 1. The molecule has 5 aromatic rings. The third-order valence-corrected chi connectivity index (χ3v) is 9.61. The monoisotopic (exact) mass is 677 g/mol. The first kappa shape index (κ1) is 33.4. The number of cyclic esters (lactones) is 1. The van der Waals surface area contributed by atoms with Gasteiger partial charge in [0.25, 0.3) is 0 Å². The van der Waals surface area contributed by atoms with Crippen molar-refractivity contribution in [2.24, 2.45) is 0 Å². The first-order valence-electron chi connectivity index (χ1n) is 17.1. The van der Waals surface area contributed by atoms with Gasteiger partial charge in [-0.1, -0.05) is 140 Å². The van der Waals surface area contributed by atoms with E-state index in [1.807, 2.05) is 114 Å². The Morgan fingerprint density at radius 1 is 0.765 bits per heavy atom. The second-order valence-corrected chi connectivity index (χ2v) is 12.8. The lowest BCUT2D eigenvalue weighted by atomic mass is 9.64. The number of rotatable bonds is 10. The summed E-state index contributed by atoms with van der Waals surface area (Å²) in [7, 11) is 0. The molecule has 1 fully saturated rings. The Labute approximate surface area is 297 Å². The Morgan fingerprint density at radius 3 is 1.82 bits per heavy atom. The third kappa shape index (κ3) is 6.85. The van der Waals surface area contributed by atoms with Crippen LogP contribution in [0.5, 0.6) is 0 Å². The second-order valence-electron chi connectivity index (χ2n) is 12.8. The van der Waals surface area contributed by atoms with Crippen LogP contribution in [0.1, 0.15) is 34.7 Å². The highest BCUT2D eigenvalue weighted by Crippen LogP contribution is 2.48. The van der Waals surface area contributed by atoms with Gasteiger partial charge in [0, 0.05) is 12.6 Å². The molecule has 8 nitrogen and oxygen atoms in total. The largest absolute Gasteiger partial charge is 0.445 e. The summed E-state index contributed by atoms with van der Waals surface area (Å²) in [6.45, 7) is 2.49. The zero-order valence-corrected chi connectivity index (χ0v) is 28.4. The fourth-order valence-corrected chi connectivity index (χ4v) is 7.21. The van der Waals surface area contributed by atoms with Gasteiger partial charge in [0.2, 0.25) is 5.91 Å². The number of hydrogen-bond donors (Lipinski definition) is 1. The van der Waals surface area contributed by atoms with E-state index in [-0.39, 0.29) is 19.1 Å². The van der Waals surface area contributed by atoms with Gasteiger partial charge in [0.1, 0.15) is 12.7 Å². The van der Waals surface area contributed by atoms with Gasteiger partial charge < -0.3 is 14.8 Å². The summed E-state index contributed by atoms with van der Waals surface area (Å²) < 4.78 is 11.5. The Morgan fingerprint density at radius 2 is 1.29 bits per heavy atom. The number of nitrogens with one attached hydrogen (secondary N) is 1. The van der Waals surface area contributed by atoms with Crippen LogP contribution in [0.3, 0.4) is 0 Å². The SMILES string of the molecule is CC(=O)NC[C@H]1CN(c2ccc(C3=C[C@@H](C(c4ccccc4)(c4ccccc4)c4ccccc4)N(C(=O)OCc4ccccc4)C3)cc2)C(=O)O1. The zero-order valence-electron chi connectivity index (χ0n) is 28.4. The highest BCUT2D eigenvalue weighted by Gasteiger charge is 2.49. The molecule has 2 atom stereocenters. The molecule has 5 aromatic carbocycles. The van der Waals surface area contributed by atoms with Crippen molar-refractivity contribution < 1.29 is 23.9 Å². The van der Waals surface area contributed by atoms with Crippen molar-refractivity contribution in [1.82, 2.24) is 10.2 Å². The van der Waals surface area contributed by atoms with Crippen molar-refractivity contribution in [2.75, 3.05) is 24.5 Å². The van der Waals surface area contributed by atoms with Gasteiger partial charge >= 0.3 is 12.2 Å². The number of carbonyl (C=O) groups is 3. The normalized spacial score (nSPS) is 17.1. The van der Waals surface area contributed by atoms with Crippen molar-refractivity contribution in [3.8, 4) is 0 Å². The number of amides is 3. The lowest BCUT2D eigenvalue weighted by molar-refractivity contribution is -0.119. The summed E-state index contributed by atoms with van der Waals surface area (Å²) in [4.78, 5) is 41.8. The van der Waals surface area contributed by atoms with Crippen molar-refractivity contribution in [1.29, 1.82) is 0 Å². The van der Waals surface area contributed by atoms with E-state index >= 15 is 0 Å². The quantitative estimate of drug-likeness (QED) is 0.154. The summed E-state index contributed by atoms with van der Waals surface area (Å²) in [6.07, 6.45) is 0.893. The standard InChI is InChI=1S/C43H39N3O5/c1-31(47)44-27-39-29-45(42(49)51-39)38-24-22-33(23-25-38)34-26-40(46(28-34)41(48)50-30-32-14-6-2-7-15-32)43(35-16-8-3-9-17-35,36-18-10-4-11-19-36)37-20-12-5-13-21-37/h2-26,39-40H,27-30H2,1H3,(H,44,47)/t39-,40-/m0/s1. The lowest BCUT2D eigenvalue weighted by Gasteiger charge is -2.44. The van der Waals surface area contributed by atoms with Crippen molar-refractivity contribution in [3.63, 3.8) is 0 Å². The van der Waals surface area contributed by atoms with Gasteiger partial charge in [-0.15, -0.1) is 0 Å². The molecule has 2 aliphatic heterocycles. The van der Waals surface area contributed by atoms with Crippen LogP contribution >= 0.6 is 0 Å². The molecule has 1 saturated heterocycles. The fourth-order valence-electron chi connectivity index (χ4n) is 7.21. The van der Waals surface area contributed by atoms with Gasteiger partial charge in [-0.3, -0.25) is 14.6 Å². The molecule has 2 aliphatic rings. The average molecular weight is 678 g/mol. The summed E-state index contributed by atoms with van der Waals surface area (Å²) in [6, 6.07) is 48.0. The van der Waals surface area contributed by atoms with Crippen LogP contribution in [0.2, 0.25) is 0 Å². The predicted octanol–water partition coefficient (Wildman–Crippen LogP) is 7.59. The number of ether oxygens (including phenoxy) is 2. The van der Waals surface area contributed by atoms with E-state index in [0.29, 0.717) is 18.8 Å². The molecule has 3 amide bonds. The van der Waals surface area contributed by atoms with Crippen LogP contribution in [-0.2, 0) is 26.3 Å². The lowest BCUT2D eigenvalue weighted by Crippen LogP contribution is -2.51. The molecule has 8 heteroatoms. The van der Waals surface area contributed by atoms with Crippen LogP contribution in [0.4, 0.5) is 15.3 Å². The summed E-state index contributed by atoms with van der Waals surface area (Å²) in [5, 5.41) is 2.72. The minimum absolute atomic E-state index is 0.150. The van der Waals surface area contributed by atoms with Gasteiger partial charge in [0.15, 0.2) is 0 Å². The highest BCUT2D eigenvalue weighted by atomic mass is 16.6. The Kier molecular flexibility index (Phi) is 9.65. The molecule has 0 radical (unpaired) electrons. The molecule has 0 aromatic heterocycles. The van der Waals surface area contributed by atoms with E-state index in [1.54, 1.807) is 4.90 Å². The summed E-state index contributed by atoms with van der Waals surface area (Å²) in [5.74, 6) is -0.175. The van der Waals surface area contributed by atoms with E-state index in [2.05, 4.69) is 47.8 Å². The van der Waals surface area contributed by atoms with Crippen LogP contribution in [0.15, 0.2) is 152 Å². The van der Waals surface area contributed by atoms with Crippen molar-refractivity contribution in [2.45, 2.75) is 31.1 Å². The van der Waals surface area contributed by atoms with E-state index in [4.69, 9.17) is 9.47 Å². The molecular weight excluding hydrogens is 638 g/mol. The van der Waals surface area contributed by atoms with Crippen molar-refractivity contribution >= 4 is 29.4 Å². The molecule has 256 valence electrons. The van der Waals surface area contributed by atoms with Gasteiger partial charge in [-0.25, -0.2) is 9.59 Å². The molecular formula is C43H39N3O5. The smallest absolute Gasteiger partial charge is 0.414 e. The first-order valence-corrected chi connectivity index (χ1v) is 17.1. The minimum atomic E-state index is -0.792. The van der Waals surface area contributed by atoms with Gasteiger partial charge in [-0.2, -0.15) is 0 Å². The van der Waals surface area contributed by atoms with E-state index in [0.717, 1.165) is 33.4 Å². The molecule has 7 rings (SSSR count). The number of carbonyl (C=O) groups excluding carboxylic acids is 3. The Hall–Kier alpha value is -6.15. The van der Waals surface area contributed by atoms with Crippen LogP contribution < -0.4 is 10.2 Å². The summed E-state index contributed by atoms with van der Waals surface area (Å²) in [5.41, 5.74) is 5.82. The second kappa shape index (κ2) is 14.8. The van der Waals surface area contributed by atoms with Gasteiger partial charge in [0.05, 0.1) is 31.1 Å². The minimum Gasteiger partial charge on any atom is -0.445 e. The molecule has 0 saturated carbocycles. The van der Waals surface area contributed by atoms with E-state index < -0.39 is 29.7 Å². The maximum Gasteiger partial charge on any atom is 0.414 e. The Bertz CT molecular complexity index is 1900. The fraction of sp³-hybridized carbons (Fsp3) is 0.186. The van der Waals surface area contributed by atoms with E-state index in [1.165, 1.54) is 6.92 Å². The number of nitrogens with zero attached hydrogens (tertiary/aromatic N) is 2. The molecule has 0 aliphatic carbocycles. The molecule has 1 N–H and O–H groups in total. The molecule has 0 bridgehead atoms. The molecule has 0 spiro atoms. The van der Waals surface area contributed by atoms with E-state index in [9.17, 15) is 14.4 Å². The van der Waals surface area contributed by atoms with Crippen molar-refractivity contribution in [3.05, 3.63) is 179 Å². The van der Waals surface area contributed by atoms with Crippen LogP contribution in [0, 0.1) is 0 Å². The highest BCUT2D eigenvalue weighted by molar-refractivity contribution is 5.90. The Balaban J connectivity index is 1.29. The maximum atomic E-state index is 14.3. The summed E-state index contributed by atoms with van der Waals surface area (Å²) >= 11 is 0. The molecule has 0 unspecified atom stereocenters. The van der Waals surface area contributed by atoms with Crippen LogP contribution in [-0.4, -0.2) is 54.8 Å². The predicted molar refractivity (Wildman–Crippen MR) is 197 cm³/mol. The molecule has 2 heterocycles.